The van der Waals surface area contributed by atoms with Crippen LogP contribution in [0.25, 0.3) is 0 Å². The van der Waals surface area contributed by atoms with Crippen LogP contribution in [0.4, 0.5) is 13.2 Å². The second-order valence-corrected chi connectivity index (χ2v) is 4.90. The fraction of sp³-hybridized carbons (Fsp3) is 0.462. The second kappa shape index (κ2) is 5.61. The third-order valence-corrected chi connectivity index (χ3v) is 2.03. The molecule has 0 spiro atoms. The minimum atomic E-state index is -4.77. The number of hydrogen-bond acceptors (Lipinski definition) is 3. The third kappa shape index (κ3) is 6.24. The molecular formula is C13H15F3O3. The lowest BCUT2D eigenvalue weighted by atomic mass is 10.1. The molecule has 1 aromatic rings. The van der Waals surface area contributed by atoms with Crippen molar-refractivity contribution in [3.05, 3.63) is 29.8 Å². The molecule has 0 bridgehead atoms. The molecule has 0 aromatic heterocycles. The van der Waals surface area contributed by atoms with Crippen LogP contribution in [0.3, 0.4) is 0 Å². The Labute approximate surface area is 109 Å². The molecule has 0 aliphatic rings. The van der Waals surface area contributed by atoms with E-state index in [9.17, 15) is 18.0 Å². The highest BCUT2D eigenvalue weighted by Crippen LogP contribution is 2.23. The Kier molecular flexibility index (Phi) is 4.57. The molecule has 0 unspecified atom stereocenters. The van der Waals surface area contributed by atoms with Crippen molar-refractivity contribution in [2.45, 2.75) is 32.7 Å². The molecule has 1 aromatic carbocycles. The maximum absolute atomic E-state index is 12.0. The lowest BCUT2D eigenvalue weighted by Gasteiger charge is -2.18. The summed E-state index contributed by atoms with van der Waals surface area (Å²) in [4.78, 5) is 11.7. The van der Waals surface area contributed by atoms with Gasteiger partial charge in [-0.25, -0.2) is 0 Å². The van der Waals surface area contributed by atoms with E-state index in [1.807, 2.05) is 0 Å². The lowest BCUT2D eigenvalue weighted by molar-refractivity contribution is -0.274. The van der Waals surface area contributed by atoms with Gasteiger partial charge >= 0.3 is 6.36 Å². The lowest BCUT2D eigenvalue weighted by Crippen LogP contribution is -2.23. The zero-order valence-corrected chi connectivity index (χ0v) is 10.9. The summed E-state index contributed by atoms with van der Waals surface area (Å²) in [5.74, 6) is -0.823. The average molecular weight is 276 g/mol. The van der Waals surface area contributed by atoms with Crippen LogP contribution in [0.15, 0.2) is 24.3 Å². The SMILES string of the molecule is CC(C)(C)OCC(=O)c1cccc(OC(F)(F)F)c1. The van der Waals surface area contributed by atoms with Crippen LogP contribution in [-0.2, 0) is 4.74 Å². The van der Waals surface area contributed by atoms with Gasteiger partial charge in [0.2, 0.25) is 0 Å². The zero-order chi connectivity index (χ0) is 14.7. The van der Waals surface area contributed by atoms with Crippen molar-refractivity contribution in [1.82, 2.24) is 0 Å². The molecular weight excluding hydrogens is 261 g/mol. The molecule has 0 N–H and O–H groups in total. The smallest absolute Gasteiger partial charge is 0.406 e. The van der Waals surface area contributed by atoms with Crippen LogP contribution in [0.5, 0.6) is 5.75 Å². The molecule has 0 amide bonds. The van der Waals surface area contributed by atoms with Crippen molar-refractivity contribution in [3.8, 4) is 5.75 Å². The van der Waals surface area contributed by atoms with Gasteiger partial charge in [0, 0.05) is 5.56 Å². The summed E-state index contributed by atoms with van der Waals surface area (Å²) in [5.41, 5.74) is -0.374. The molecule has 1 rings (SSSR count). The largest absolute Gasteiger partial charge is 0.573 e. The summed E-state index contributed by atoms with van der Waals surface area (Å²) >= 11 is 0. The van der Waals surface area contributed by atoms with Gasteiger partial charge in [-0.05, 0) is 32.9 Å². The van der Waals surface area contributed by atoms with Crippen LogP contribution in [0.2, 0.25) is 0 Å². The third-order valence-electron chi connectivity index (χ3n) is 2.03. The molecule has 106 valence electrons. The van der Waals surface area contributed by atoms with E-state index in [0.29, 0.717) is 0 Å². The fourth-order valence-electron chi connectivity index (χ4n) is 1.23. The predicted octanol–water partition coefficient (Wildman–Crippen LogP) is 3.58. The molecule has 3 nitrogen and oxygen atoms in total. The summed E-state index contributed by atoms with van der Waals surface area (Å²) in [6.45, 7) is 5.15. The van der Waals surface area contributed by atoms with Crippen molar-refractivity contribution in [2.24, 2.45) is 0 Å². The van der Waals surface area contributed by atoms with E-state index in [1.54, 1.807) is 20.8 Å². The Morgan fingerprint density at radius 1 is 1.21 bits per heavy atom. The van der Waals surface area contributed by atoms with Crippen molar-refractivity contribution < 1.29 is 27.4 Å². The first-order valence-electron chi connectivity index (χ1n) is 5.60. The normalized spacial score (nSPS) is 12.3. The first kappa shape index (κ1) is 15.5. The Morgan fingerprint density at radius 2 is 1.84 bits per heavy atom. The monoisotopic (exact) mass is 276 g/mol. The zero-order valence-electron chi connectivity index (χ0n) is 10.9. The number of alkyl halides is 3. The number of rotatable bonds is 4. The van der Waals surface area contributed by atoms with Crippen LogP contribution in [0.1, 0.15) is 31.1 Å². The first-order valence-corrected chi connectivity index (χ1v) is 5.60. The number of carbonyl (C=O) groups is 1. The summed E-state index contributed by atoms with van der Waals surface area (Å²) in [7, 11) is 0. The number of hydrogen-bond donors (Lipinski definition) is 0. The van der Waals surface area contributed by atoms with Gasteiger partial charge in [0.25, 0.3) is 0 Å². The summed E-state index contributed by atoms with van der Waals surface area (Å²) < 4.78 is 45.2. The maximum Gasteiger partial charge on any atom is 0.573 e. The fourth-order valence-corrected chi connectivity index (χ4v) is 1.23. The molecule has 0 saturated heterocycles. The number of ketones is 1. The Balaban J connectivity index is 2.73. The Bertz CT molecular complexity index is 447. The average Bonchev–Trinajstić information content (AvgIpc) is 2.23. The van der Waals surface area contributed by atoms with Gasteiger partial charge in [0.1, 0.15) is 12.4 Å². The van der Waals surface area contributed by atoms with E-state index in [0.717, 1.165) is 12.1 Å². The molecule has 6 heteroatoms. The molecule has 0 atom stereocenters. The van der Waals surface area contributed by atoms with Crippen molar-refractivity contribution >= 4 is 5.78 Å². The van der Waals surface area contributed by atoms with Gasteiger partial charge in [-0.1, -0.05) is 12.1 Å². The summed E-state index contributed by atoms with van der Waals surface area (Å²) in [6.07, 6.45) is -4.77. The molecule has 0 aliphatic carbocycles. The predicted molar refractivity (Wildman–Crippen MR) is 63.2 cm³/mol. The summed E-state index contributed by atoms with van der Waals surface area (Å²) in [5, 5.41) is 0. The Morgan fingerprint density at radius 3 is 2.37 bits per heavy atom. The van der Waals surface area contributed by atoms with Crippen LogP contribution in [0, 0.1) is 0 Å². The van der Waals surface area contributed by atoms with E-state index in [4.69, 9.17) is 4.74 Å². The van der Waals surface area contributed by atoms with Crippen molar-refractivity contribution in [3.63, 3.8) is 0 Å². The van der Waals surface area contributed by atoms with Gasteiger partial charge in [0.15, 0.2) is 5.78 Å². The topological polar surface area (TPSA) is 35.5 Å². The standard InChI is InChI=1S/C13H15F3O3/c1-12(2,3)18-8-11(17)9-5-4-6-10(7-9)19-13(14,15)16/h4-7H,8H2,1-3H3. The van der Waals surface area contributed by atoms with Gasteiger partial charge in [0.05, 0.1) is 5.60 Å². The molecule has 0 aliphatic heterocycles. The van der Waals surface area contributed by atoms with Crippen LogP contribution in [-0.4, -0.2) is 24.4 Å². The van der Waals surface area contributed by atoms with Crippen LogP contribution >= 0.6 is 0 Å². The van der Waals surface area contributed by atoms with Crippen molar-refractivity contribution in [1.29, 1.82) is 0 Å². The number of benzene rings is 1. The van der Waals surface area contributed by atoms with Crippen molar-refractivity contribution in [2.75, 3.05) is 6.61 Å². The molecule has 0 saturated carbocycles. The quantitative estimate of drug-likeness (QED) is 0.788. The highest BCUT2D eigenvalue weighted by atomic mass is 19.4. The number of ether oxygens (including phenoxy) is 2. The molecule has 0 heterocycles. The van der Waals surface area contributed by atoms with Gasteiger partial charge in [-0.2, -0.15) is 0 Å². The minimum Gasteiger partial charge on any atom is -0.406 e. The highest BCUT2D eigenvalue weighted by molar-refractivity contribution is 5.97. The maximum atomic E-state index is 12.0. The summed E-state index contributed by atoms with van der Waals surface area (Å²) in [6, 6.07) is 4.92. The molecule has 0 radical (unpaired) electrons. The van der Waals surface area contributed by atoms with E-state index in [2.05, 4.69) is 4.74 Å². The van der Waals surface area contributed by atoms with Gasteiger partial charge in [-0.15, -0.1) is 13.2 Å². The van der Waals surface area contributed by atoms with Gasteiger partial charge < -0.3 is 9.47 Å². The molecule has 19 heavy (non-hydrogen) atoms. The van der Waals surface area contributed by atoms with E-state index < -0.39 is 23.5 Å². The second-order valence-electron chi connectivity index (χ2n) is 4.90. The van der Waals surface area contributed by atoms with Gasteiger partial charge in [-0.3, -0.25) is 4.79 Å². The molecule has 0 fully saturated rings. The number of Topliss-reactive ketones (excluding diaryl/α,β-unsaturated/α-hetero) is 1. The minimum absolute atomic E-state index is 0.117. The van der Waals surface area contributed by atoms with E-state index in [-0.39, 0.29) is 12.2 Å². The van der Waals surface area contributed by atoms with E-state index >= 15 is 0 Å². The van der Waals surface area contributed by atoms with E-state index in [1.165, 1.54) is 12.1 Å². The number of halogens is 3. The Hall–Kier alpha value is -1.56. The number of carbonyl (C=O) groups excluding carboxylic acids is 1. The first-order chi connectivity index (χ1) is 8.57. The van der Waals surface area contributed by atoms with Crippen LogP contribution < -0.4 is 4.74 Å². The highest BCUT2D eigenvalue weighted by Gasteiger charge is 2.31.